The summed E-state index contributed by atoms with van der Waals surface area (Å²) in [5, 5.41) is 6.28. The van der Waals surface area contributed by atoms with Gasteiger partial charge in [0.15, 0.2) is 5.71 Å². The number of likely N-dealkylation sites (N-methyl/N-ethyl adjacent to an activating group) is 1. The Morgan fingerprint density at radius 3 is 2.71 bits per heavy atom. The zero-order chi connectivity index (χ0) is 17.5. The molecule has 1 N–H and O–H groups in total. The molecule has 0 heterocycles. The van der Waals surface area contributed by atoms with E-state index < -0.39 is 5.82 Å². The van der Waals surface area contributed by atoms with Crippen LogP contribution >= 0.6 is 11.6 Å². The zero-order valence-electron chi connectivity index (χ0n) is 13.2. The van der Waals surface area contributed by atoms with Crippen molar-refractivity contribution in [3.8, 4) is 5.75 Å². The average Bonchev–Trinajstić information content (AvgIpc) is 2.60. The minimum Gasteiger partial charge on any atom is -0.489 e. The minimum atomic E-state index is -0.515. The molecule has 0 fully saturated rings. The molecule has 0 aliphatic heterocycles. The van der Waals surface area contributed by atoms with E-state index in [-0.39, 0.29) is 23.2 Å². The van der Waals surface area contributed by atoms with Crippen LogP contribution in [0.25, 0.3) is 0 Å². The second kappa shape index (κ2) is 8.31. The number of hydrogen-bond acceptors (Lipinski definition) is 4. The van der Waals surface area contributed by atoms with E-state index >= 15 is 0 Å². The third kappa shape index (κ3) is 4.23. The lowest BCUT2D eigenvalue weighted by atomic mass is 10.0. The largest absolute Gasteiger partial charge is 0.489 e. The molecular weight excluding hydrogens is 335 g/mol. The van der Waals surface area contributed by atoms with Gasteiger partial charge in [0.2, 0.25) is 0 Å². The number of nitrogens with zero attached hydrogens (tertiary/aromatic N) is 1. The van der Waals surface area contributed by atoms with Gasteiger partial charge in [0.25, 0.3) is 5.91 Å². The number of carbonyl (C=O) groups excluding carboxylic acids is 1. The molecule has 0 atom stereocenters. The van der Waals surface area contributed by atoms with Crippen molar-refractivity contribution in [3.63, 3.8) is 0 Å². The standard InChI is InChI=1S/C17H16ClFN2O3/c1-20-17(22)16(21-23-2)13-6-4-3-5-11(13)10-24-12-7-8-15(19)14(18)9-12/h3-9H,10H2,1-2H3,(H,20,22). The highest BCUT2D eigenvalue weighted by Gasteiger charge is 2.17. The van der Waals surface area contributed by atoms with Crippen LogP contribution in [-0.2, 0) is 16.2 Å². The molecule has 0 aliphatic carbocycles. The van der Waals surface area contributed by atoms with Gasteiger partial charge in [0, 0.05) is 18.7 Å². The summed E-state index contributed by atoms with van der Waals surface area (Å²) in [6.07, 6.45) is 0. The first-order chi connectivity index (χ1) is 11.6. The van der Waals surface area contributed by atoms with Crippen molar-refractivity contribution in [1.29, 1.82) is 0 Å². The summed E-state index contributed by atoms with van der Waals surface area (Å²) in [5.74, 6) is -0.478. The second-order valence-electron chi connectivity index (χ2n) is 4.72. The van der Waals surface area contributed by atoms with E-state index in [0.29, 0.717) is 11.3 Å². The van der Waals surface area contributed by atoms with Crippen LogP contribution in [0.1, 0.15) is 11.1 Å². The second-order valence-corrected chi connectivity index (χ2v) is 5.13. The molecule has 0 saturated carbocycles. The van der Waals surface area contributed by atoms with Crippen LogP contribution in [0.2, 0.25) is 5.02 Å². The summed E-state index contributed by atoms with van der Waals surface area (Å²) < 4.78 is 18.8. The summed E-state index contributed by atoms with van der Waals surface area (Å²) in [7, 11) is 2.87. The van der Waals surface area contributed by atoms with Gasteiger partial charge < -0.3 is 14.9 Å². The van der Waals surface area contributed by atoms with Gasteiger partial charge in [0.1, 0.15) is 25.3 Å². The van der Waals surface area contributed by atoms with Gasteiger partial charge >= 0.3 is 0 Å². The molecule has 126 valence electrons. The molecule has 2 rings (SSSR count). The Labute approximate surface area is 144 Å². The van der Waals surface area contributed by atoms with Crippen LogP contribution in [0.5, 0.6) is 5.75 Å². The summed E-state index contributed by atoms with van der Waals surface area (Å²) in [6.45, 7) is 0.151. The zero-order valence-corrected chi connectivity index (χ0v) is 13.9. The topological polar surface area (TPSA) is 59.9 Å². The number of ether oxygens (including phenoxy) is 1. The molecule has 7 heteroatoms. The summed E-state index contributed by atoms with van der Waals surface area (Å²) in [4.78, 5) is 16.7. The molecule has 0 saturated heterocycles. The monoisotopic (exact) mass is 350 g/mol. The van der Waals surface area contributed by atoms with Crippen molar-refractivity contribution in [2.75, 3.05) is 14.2 Å². The van der Waals surface area contributed by atoms with E-state index in [1.54, 1.807) is 18.2 Å². The van der Waals surface area contributed by atoms with E-state index in [4.69, 9.17) is 21.2 Å². The van der Waals surface area contributed by atoms with Gasteiger partial charge in [-0.25, -0.2) is 4.39 Å². The van der Waals surface area contributed by atoms with Crippen molar-refractivity contribution >= 4 is 23.2 Å². The molecule has 0 radical (unpaired) electrons. The van der Waals surface area contributed by atoms with Crippen molar-refractivity contribution in [1.82, 2.24) is 5.32 Å². The SMILES string of the molecule is CNC(=O)C(=NOC)c1ccccc1COc1ccc(F)c(Cl)c1. The van der Waals surface area contributed by atoms with Gasteiger partial charge in [0.05, 0.1) is 5.02 Å². The lowest BCUT2D eigenvalue weighted by Gasteiger charge is -2.12. The van der Waals surface area contributed by atoms with E-state index in [9.17, 15) is 9.18 Å². The van der Waals surface area contributed by atoms with Crippen molar-refractivity contribution in [2.45, 2.75) is 6.61 Å². The van der Waals surface area contributed by atoms with Gasteiger partial charge in [-0.05, 0) is 17.7 Å². The maximum absolute atomic E-state index is 13.2. The molecule has 2 aromatic rings. The summed E-state index contributed by atoms with van der Waals surface area (Å²) in [6, 6.07) is 11.2. The highest BCUT2D eigenvalue weighted by Crippen LogP contribution is 2.22. The Morgan fingerprint density at radius 2 is 2.04 bits per heavy atom. The molecule has 2 aromatic carbocycles. The smallest absolute Gasteiger partial charge is 0.273 e. The number of hydrogen-bond donors (Lipinski definition) is 1. The molecule has 1 amide bonds. The Morgan fingerprint density at radius 1 is 1.29 bits per heavy atom. The lowest BCUT2D eigenvalue weighted by Crippen LogP contribution is -2.29. The molecule has 0 spiro atoms. The predicted octanol–water partition coefficient (Wildman–Crippen LogP) is 3.15. The number of carbonyl (C=O) groups is 1. The number of halogens is 2. The molecular formula is C17H16ClFN2O3. The van der Waals surface area contributed by atoms with Crippen LogP contribution < -0.4 is 10.1 Å². The highest BCUT2D eigenvalue weighted by molar-refractivity contribution is 6.45. The predicted molar refractivity (Wildman–Crippen MR) is 89.8 cm³/mol. The van der Waals surface area contributed by atoms with Crippen molar-refractivity contribution < 1.29 is 18.8 Å². The van der Waals surface area contributed by atoms with Crippen molar-refractivity contribution in [3.05, 3.63) is 64.4 Å². The Bertz CT molecular complexity index is 765. The lowest BCUT2D eigenvalue weighted by molar-refractivity contribution is -0.114. The fourth-order valence-corrected chi connectivity index (χ4v) is 2.20. The maximum atomic E-state index is 13.2. The van der Waals surface area contributed by atoms with Crippen LogP contribution in [0.15, 0.2) is 47.6 Å². The summed E-state index contributed by atoms with van der Waals surface area (Å²) in [5.41, 5.74) is 1.43. The highest BCUT2D eigenvalue weighted by atomic mass is 35.5. The molecule has 0 aliphatic rings. The fourth-order valence-electron chi connectivity index (χ4n) is 2.03. The summed E-state index contributed by atoms with van der Waals surface area (Å²) >= 11 is 5.74. The number of rotatable bonds is 6. The van der Waals surface area contributed by atoms with Gasteiger partial charge in [-0.3, -0.25) is 4.79 Å². The van der Waals surface area contributed by atoms with Crippen LogP contribution in [0.3, 0.4) is 0 Å². The van der Waals surface area contributed by atoms with Gasteiger partial charge in [-0.15, -0.1) is 0 Å². The molecule has 0 unspecified atom stereocenters. The normalized spacial score (nSPS) is 11.1. The number of benzene rings is 2. The third-order valence-corrected chi connectivity index (χ3v) is 3.47. The van der Waals surface area contributed by atoms with Gasteiger partial charge in [-0.1, -0.05) is 41.0 Å². The minimum absolute atomic E-state index is 0.0206. The number of oxime groups is 1. The molecule has 24 heavy (non-hydrogen) atoms. The van der Waals surface area contributed by atoms with Gasteiger partial charge in [-0.2, -0.15) is 0 Å². The Hall–Kier alpha value is -2.60. The Kier molecular flexibility index (Phi) is 6.14. The Balaban J connectivity index is 2.26. The van der Waals surface area contributed by atoms with E-state index in [0.717, 1.165) is 5.56 Å². The van der Waals surface area contributed by atoms with E-state index in [2.05, 4.69) is 10.5 Å². The first-order valence-corrected chi connectivity index (χ1v) is 7.44. The number of amides is 1. The van der Waals surface area contributed by atoms with Crippen LogP contribution in [0, 0.1) is 5.82 Å². The first kappa shape index (κ1) is 17.7. The maximum Gasteiger partial charge on any atom is 0.273 e. The van der Waals surface area contributed by atoms with E-state index in [1.165, 1.54) is 32.4 Å². The van der Waals surface area contributed by atoms with E-state index in [1.807, 2.05) is 6.07 Å². The molecule has 0 aromatic heterocycles. The average molecular weight is 351 g/mol. The quantitative estimate of drug-likeness (QED) is 0.643. The first-order valence-electron chi connectivity index (χ1n) is 7.06. The number of nitrogens with one attached hydrogen (secondary N) is 1. The van der Waals surface area contributed by atoms with Crippen LogP contribution in [0.4, 0.5) is 4.39 Å². The van der Waals surface area contributed by atoms with Crippen molar-refractivity contribution in [2.24, 2.45) is 5.16 Å². The molecule has 5 nitrogen and oxygen atoms in total. The molecule has 0 bridgehead atoms. The fraction of sp³-hybridized carbons (Fsp3) is 0.176. The third-order valence-electron chi connectivity index (χ3n) is 3.18. The van der Waals surface area contributed by atoms with Crippen LogP contribution in [-0.4, -0.2) is 25.8 Å².